The number of nitro groups is 1. The molecule has 1 atom stereocenters. The first-order chi connectivity index (χ1) is 13.0. The number of non-ortho nitro benzene ring substituents is 1. The lowest BCUT2D eigenvalue weighted by Crippen LogP contribution is -2.33. The highest BCUT2D eigenvalue weighted by Gasteiger charge is 2.14. The number of amides is 1. The maximum absolute atomic E-state index is 12.1. The van der Waals surface area contributed by atoms with Gasteiger partial charge >= 0.3 is 0 Å². The zero-order chi connectivity index (χ0) is 19.6. The van der Waals surface area contributed by atoms with Gasteiger partial charge in [-0.1, -0.05) is 24.8 Å². The van der Waals surface area contributed by atoms with Crippen molar-refractivity contribution < 1.29 is 19.2 Å². The number of carbonyl (C=O) groups excluding carboxylic acids is 1. The predicted molar refractivity (Wildman–Crippen MR) is 101 cm³/mol. The molecule has 0 aliphatic carbocycles. The average molecular weight is 369 g/mol. The van der Waals surface area contributed by atoms with Gasteiger partial charge in [0.05, 0.1) is 11.1 Å². The fourth-order valence-corrected chi connectivity index (χ4v) is 2.03. The molecule has 8 nitrogen and oxygen atoms in total. The summed E-state index contributed by atoms with van der Waals surface area (Å²) in [7, 11) is 0. The molecule has 0 fully saturated rings. The van der Waals surface area contributed by atoms with E-state index >= 15 is 0 Å². The van der Waals surface area contributed by atoms with Crippen molar-refractivity contribution in [2.75, 3.05) is 6.61 Å². The van der Waals surface area contributed by atoms with E-state index in [0.29, 0.717) is 23.7 Å². The molecular weight excluding hydrogens is 350 g/mol. The van der Waals surface area contributed by atoms with Crippen LogP contribution in [0.5, 0.6) is 11.5 Å². The van der Waals surface area contributed by atoms with Crippen LogP contribution in [0, 0.1) is 10.1 Å². The molecule has 0 heterocycles. The van der Waals surface area contributed by atoms with E-state index in [2.05, 4.69) is 17.1 Å². The van der Waals surface area contributed by atoms with Crippen LogP contribution >= 0.6 is 0 Å². The summed E-state index contributed by atoms with van der Waals surface area (Å²) < 4.78 is 10.9. The minimum absolute atomic E-state index is 0.0543. The highest BCUT2D eigenvalue weighted by atomic mass is 16.6. The molecule has 0 aliphatic heterocycles. The summed E-state index contributed by atoms with van der Waals surface area (Å²) in [6.07, 6.45) is 2.26. The van der Waals surface area contributed by atoms with E-state index in [4.69, 9.17) is 9.47 Å². The number of hydrazone groups is 1. The first-order valence-electron chi connectivity index (χ1n) is 8.08. The van der Waals surface area contributed by atoms with Crippen molar-refractivity contribution >= 4 is 17.8 Å². The molecular formula is C19H19N3O5. The maximum Gasteiger partial charge on any atom is 0.280 e. The molecule has 2 rings (SSSR count). The minimum Gasteiger partial charge on any atom is -0.489 e. The Hall–Kier alpha value is -3.68. The van der Waals surface area contributed by atoms with Gasteiger partial charge in [-0.3, -0.25) is 14.9 Å². The van der Waals surface area contributed by atoms with Gasteiger partial charge in [0, 0.05) is 17.7 Å². The lowest BCUT2D eigenvalue weighted by atomic mass is 10.2. The van der Waals surface area contributed by atoms with Crippen molar-refractivity contribution in [3.63, 3.8) is 0 Å². The summed E-state index contributed by atoms with van der Waals surface area (Å²) in [6, 6.07) is 12.7. The van der Waals surface area contributed by atoms with Crippen molar-refractivity contribution in [3.05, 3.63) is 76.9 Å². The van der Waals surface area contributed by atoms with Gasteiger partial charge in [0.1, 0.15) is 18.1 Å². The molecule has 0 bridgehead atoms. The van der Waals surface area contributed by atoms with Gasteiger partial charge in [0.25, 0.3) is 11.6 Å². The molecule has 140 valence electrons. The van der Waals surface area contributed by atoms with Gasteiger partial charge in [0.15, 0.2) is 6.10 Å². The second kappa shape index (κ2) is 9.71. The monoisotopic (exact) mass is 369 g/mol. The van der Waals surface area contributed by atoms with E-state index in [0.717, 1.165) is 0 Å². The van der Waals surface area contributed by atoms with Gasteiger partial charge < -0.3 is 9.47 Å². The topological polar surface area (TPSA) is 103 Å². The van der Waals surface area contributed by atoms with Crippen LogP contribution in [0.15, 0.2) is 66.3 Å². The Labute approximate surface area is 156 Å². The molecule has 1 amide bonds. The van der Waals surface area contributed by atoms with Gasteiger partial charge in [-0.25, -0.2) is 5.43 Å². The van der Waals surface area contributed by atoms with Crippen LogP contribution in [0.3, 0.4) is 0 Å². The van der Waals surface area contributed by atoms with Crippen LogP contribution in [-0.4, -0.2) is 29.8 Å². The lowest BCUT2D eigenvalue weighted by Gasteiger charge is -2.12. The fraction of sp³-hybridized carbons (Fsp3) is 0.158. The molecule has 0 aliphatic rings. The van der Waals surface area contributed by atoms with Crippen LogP contribution in [0.25, 0.3) is 0 Å². The normalized spacial score (nSPS) is 11.6. The van der Waals surface area contributed by atoms with Crippen LogP contribution in [0.1, 0.15) is 12.5 Å². The molecule has 0 spiro atoms. The van der Waals surface area contributed by atoms with E-state index in [1.165, 1.54) is 30.5 Å². The average Bonchev–Trinajstić information content (AvgIpc) is 2.67. The van der Waals surface area contributed by atoms with Crippen molar-refractivity contribution in [1.82, 2.24) is 5.43 Å². The van der Waals surface area contributed by atoms with Crippen molar-refractivity contribution in [2.45, 2.75) is 13.0 Å². The molecule has 8 heteroatoms. The first-order valence-corrected chi connectivity index (χ1v) is 8.08. The smallest absolute Gasteiger partial charge is 0.280 e. The summed E-state index contributed by atoms with van der Waals surface area (Å²) in [6.45, 7) is 5.50. The zero-order valence-corrected chi connectivity index (χ0v) is 14.7. The molecule has 1 N–H and O–H groups in total. The summed E-state index contributed by atoms with van der Waals surface area (Å²) in [5.74, 6) is 0.495. The third kappa shape index (κ3) is 5.96. The van der Waals surface area contributed by atoms with Crippen molar-refractivity contribution in [2.24, 2.45) is 5.10 Å². The summed E-state index contributed by atoms with van der Waals surface area (Å²) in [5.41, 5.74) is 3.03. The van der Waals surface area contributed by atoms with Crippen LogP contribution in [0.4, 0.5) is 5.69 Å². The van der Waals surface area contributed by atoms with E-state index in [1.54, 1.807) is 25.1 Å². The fourth-order valence-electron chi connectivity index (χ4n) is 2.03. The van der Waals surface area contributed by atoms with Gasteiger partial charge in [-0.05, 0) is 31.2 Å². The molecule has 27 heavy (non-hydrogen) atoms. The van der Waals surface area contributed by atoms with Crippen molar-refractivity contribution in [1.29, 1.82) is 0 Å². The molecule has 0 saturated heterocycles. The number of hydrogen-bond donors (Lipinski definition) is 1. The number of ether oxygens (including phenoxy) is 2. The largest absolute Gasteiger partial charge is 0.489 e. The molecule has 0 saturated carbocycles. The van der Waals surface area contributed by atoms with Crippen LogP contribution in [0.2, 0.25) is 0 Å². The summed E-state index contributed by atoms with van der Waals surface area (Å²) >= 11 is 0. The molecule has 0 aromatic heterocycles. The van der Waals surface area contributed by atoms with Crippen LogP contribution in [-0.2, 0) is 4.79 Å². The third-order valence-electron chi connectivity index (χ3n) is 3.38. The van der Waals surface area contributed by atoms with Gasteiger partial charge in [-0.15, -0.1) is 0 Å². The number of rotatable bonds is 9. The Balaban J connectivity index is 1.92. The van der Waals surface area contributed by atoms with Gasteiger partial charge in [0.2, 0.25) is 0 Å². The maximum atomic E-state index is 12.1. The standard InChI is InChI=1S/C19H19N3O5/c1-3-12-26-18-7-5-4-6-15(18)13-20-21-19(23)14(2)27-17-10-8-16(9-11-17)22(24)25/h3-11,13-14H,1,12H2,2H3,(H,21,23)/b20-13+. The Morgan fingerprint density at radius 1 is 1.30 bits per heavy atom. The van der Waals surface area contributed by atoms with E-state index in [-0.39, 0.29) is 5.69 Å². The zero-order valence-electron chi connectivity index (χ0n) is 14.7. The first kappa shape index (κ1) is 19.6. The number of nitrogens with zero attached hydrogens (tertiary/aromatic N) is 2. The van der Waals surface area contributed by atoms with Gasteiger partial charge in [-0.2, -0.15) is 5.10 Å². The highest BCUT2D eigenvalue weighted by molar-refractivity contribution is 5.86. The third-order valence-corrected chi connectivity index (χ3v) is 3.38. The molecule has 2 aromatic rings. The SMILES string of the molecule is C=CCOc1ccccc1/C=N/NC(=O)C(C)Oc1ccc([N+](=O)[O-])cc1. The lowest BCUT2D eigenvalue weighted by molar-refractivity contribution is -0.384. The molecule has 2 aromatic carbocycles. The van der Waals surface area contributed by atoms with E-state index < -0.39 is 16.9 Å². The second-order valence-electron chi connectivity index (χ2n) is 5.38. The Kier molecular flexibility index (Phi) is 7.07. The minimum atomic E-state index is -0.837. The molecule has 0 radical (unpaired) electrons. The van der Waals surface area contributed by atoms with Crippen molar-refractivity contribution in [3.8, 4) is 11.5 Å². The number of nitro benzene ring substituents is 1. The van der Waals surface area contributed by atoms with Crippen LogP contribution < -0.4 is 14.9 Å². The summed E-state index contributed by atoms with van der Waals surface area (Å²) in [5, 5.41) is 14.5. The Bertz CT molecular complexity index is 833. The quantitative estimate of drug-likeness (QED) is 0.317. The highest BCUT2D eigenvalue weighted by Crippen LogP contribution is 2.18. The number of carbonyl (C=O) groups is 1. The second-order valence-corrected chi connectivity index (χ2v) is 5.38. The number of para-hydroxylation sites is 1. The Morgan fingerprint density at radius 2 is 2.00 bits per heavy atom. The van der Waals surface area contributed by atoms with E-state index in [1.807, 2.05) is 12.1 Å². The number of hydrogen-bond acceptors (Lipinski definition) is 6. The molecule has 1 unspecified atom stereocenters. The summed E-state index contributed by atoms with van der Waals surface area (Å²) in [4.78, 5) is 22.2. The van der Waals surface area contributed by atoms with E-state index in [9.17, 15) is 14.9 Å². The number of nitrogens with one attached hydrogen (secondary N) is 1. The predicted octanol–water partition coefficient (Wildman–Crippen LogP) is 3.08. The Morgan fingerprint density at radius 3 is 2.67 bits per heavy atom. The number of benzene rings is 2.